The lowest BCUT2D eigenvalue weighted by atomic mass is 10.1. The molecular formula is C21H29N3O2S. The van der Waals surface area contributed by atoms with E-state index in [2.05, 4.69) is 17.2 Å². The summed E-state index contributed by atoms with van der Waals surface area (Å²) in [7, 11) is 0. The van der Waals surface area contributed by atoms with Crippen LogP contribution >= 0.6 is 11.8 Å². The SMILES string of the molecule is CCC(C)n1c(SCC(=O)NC2CCCCCC2)nc2ccccc2c1=O. The van der Waals surface area contributed by atoms with Crippen LogP contribution in [-0.2, 0) is 4.79 Å². The monoisotopic (exact) mass is 387 g/mol. The summed E-state index contributed by atoms with van der Waals surface area (Å²) in [6, 6.07) is 7.75. The molecule has 3 rings (SSSR count). The van der Waals surface area contributed by atoms with Gasteiger partial charge in [-0.2, -0.15) is 0 Å². The Bertz CT molecular complexity index is 841. The zero-order chi connectivity index (χ0) is 19.2. The van der Waals surface area contributed by atoms with Crippen LogP contribution in [0.2, 0.25) is 0 Å². The van der Waals surface area contributed by atoms with Gasteiger partial charge in [-0.15, -0.1) is 0 Å². The van der Waals surface area contributed by atoms with Gasteiger partial charge < -0.3 is 5.32 Å². The quantitative estimate of drug-likeness (QED) is 0.456. The Kier molecular flexibility index (Phi) is 6.94. The minimum atomic E-state index is -0.0263. The number of benzene rings is 1. The second kappa shape index (κ2) is 9.40. The molecule has 1 amide bonds. The topological polar surface area (TPSA) is 64.0 Å². The lowest BCUT2D eigenvalue weighted by molar-refractivity contribution is -0.119. The number of carbonyl (C=O) groups excluding carboxylic acids is 1. The van der Waals surface area contributed by atoms with Gasteiger partial charge in [-0.3, -0.25) is 14.2 Å². The molecule has 146 valence electrons. The molecule has 1 atom stereocenters. The van der Waals surface area contributed by atoms with Crippen molar-refractivity contribution >= 4 is 28.6 Å². The van der Waals surface area contributed by atoms with Crippen molar-refractivity contribution in [3.8, 4) is 0 Å². The van der Waals surface area contributed by atoms with Crippen LogP contribution in [0.1, 0.15) is 64.8 Å². The Balaban J connectivity index is 1.77. The van der Waals surface area contributed by atoms with Crippen molar-refractivity contribution in [2.45, 2.75) is 76.0 Å². The summed E-state index contributed by atoms with van der Waals surface area (Å²) in [4.78, 5) is 30.1. The van der Waals surface area contributed by atoms with Crippen LogP contribution in [0.25, 0.3) is 10.9 Å². The Labute approximate surface area is 164 Å². The molecule has 1 aromatic heterocycles. The molecule has 2 aromatic rings. The molecule has 0 spiro atoms. The highest BCUT2D eigenvalue weighted by Gasteiger charge is 2.18. The summed E-state index contributed by atoms with van der Waals surface area (Å²) in [5.41, 5.74) is 0.662. The van der Waals surface area contributed by atoms with Crippen molar-refractivity contribution in [3.63, 3.8) is 0 Å². The largest absolute Gasteiger partial charge is 0.353 e. The van der Waals surface area contributed by atoms with Crippen molar-refractivity contribution in [1.29, 1.82) is 0 Å². The Morgan fingerprint density at radius 2 is 1.96 bits per heavy atom. The molecule has 0 aliphatic heterocycles. The van der Waals surface area contributed by atoms with Crippen LogP contribution in [-0.4, -0.2) is 27.3 Å². The first-order valence-corrected chi connectivity index (χ1v) is 11.0. The van der Waals surface area contributed by atoms with Gasteiger partial charge in [-0.25, -0.2) is 4.98 Å². The molecule has 1 aliphatic carbocycles. The average Bonchev–Trinajstić information content (AvgIpc) is 2.94. The summed E-state index contributed by atoms with van der Waals surface area (Å²) in [5, 5.41) is 4.43. The highest BCUT2D eigenvalue weighted by Crippen LogP contribution is 2.23. The van der Waals surface area contributed by atoms with Crippen molar-refractivity contribution in [2.24, 2.45) is 0 Å². The second-order valence-electron chi connectivity index (χ2n) is 7.39. The third-order valence-corrected chi connectivity index (χ3v) is 6.31. The maximum Gasteiger partial charge on any atom is 0.262 e. The highest BCUT2D eigenvalue weighted by atomic mass is 32.2. The molecule has 1 saturated carbocycles. The van der Waals surface area contributed by atoms with Gasteiger partial charge in [0, 0.05) is 12.1 Å². The number of fused-ring (bicyclic) bond motifs is 1. The van der Waals surface area contributed by atoms with Crippen LogP contribution in [0.4, 0.5) is 0 Å². The molecule has 1 heterocycles. The molecule has 0 saturated heterocycles. The van der Waals surface area contributed by atoms with E-state index in [1.165, 1.54) is 37.4 Å². The van der Waals surface area contributed by atoms with E-state index in [-0.39, 0.29) is 23.3 Å². The number of rotatable bonds is 6. The lowest BCUT2D eigenvalue weighted by Gasteiger charge is -2.19. The van der Waals surface area contributed by atoms with Crippen molar-refractivity contribution < 1.29 is 4.79 Å². The number of nitrogens with one attached hydrogen (secondary N) is 1. The summed E-state index contributed by atoms with van der Waals surface area (Å²) >= 11 is 1.36. The number of para-hydroxylation sites is 1. The standard InChI is InChI=1S/C21H29N3O2S/c1-3-15(2)24-20(26)17-12-8-9-13-18(17)23-21(24)27-14-19(25)22-16-10-6-4-5-7-11-16/h8-9,12-13,15-16H,3-7,10-11,14H2,1-2H3,(H,22,25). The average molecular weight is 388 g/mol. The van der Waals surface area contributed by atoms with E-state index in [0.29, 0.717) is 22.1 Å². The molecule has 1 unspecified atom stereocenters. The van der Waals surface area contributed by atoms with Crippen LogP contribution < -0.4 is 10.9 Å². The fourth-order valence-corrected chi connectivity index (χ4v) is 4.53. The Hall–Kier alpha value is -1.82. The fraction of sp³-hybridized carbons (Fsp3) is 0.571. The first-order chi connectivity index (χ1) is 13.1. The minimum Gasteiger partial charge on any atom is -0.353 e. The van der Waals surface area contributed by atoms with Crippen molar-refractivity contribution in [1.82, 2.24) is 14.9 Å². The molecule has 1 N–H and O–H groups in total. The number of nitrogens with zero attached hydrogens (tertiary/aromatic N) is 2. The van der Waals surface area contributed by atoms with E-state index in [1.807, 2.05) is 31.2 Å². The fourth-order valence-electron chi connectivity index (χ4n) is 3.62. The summed E-state index contributed by atoms with van der Waals surface area (Å²) in [5.74, 6) is 0.322. The second-order valence-corrected chi connectivity index (χ2v) is 8.33. The normalized spacial score (nSPS) is 16.8. The van der Waals surface area contributed by atoms with Crippen LogP contribution in [0.15, 0.2) is 34.2 Å². The van der Waals surface area contributed by atoms with Crippen molar-refractivity contribution in [3.05, 3.63) is 34.6 Å². The molecule has 6 heteroatoms. The van der Waals surface area contributed by atoms with E-state index in [9.17, 15) is 9.59 Å². The van der Waals surface area contributed by atoms with Crippen LogP contribution in [0.3, 0.4) is 0 Å². The molecule has 27 heavy (non-hydrogen) atoms. The number of carbonyl (C=O) groups is 1. The van der Waals surface area contributed by atoms with Crippen molar-refractivity contribution in [2.75, 3.05) is 5.75 Å². The van der Waals surface area contributed by atoms with E-state index in [4.69, 9.17) is 0 Å². The molecular weight excluding hydrogens is 358 g/mol. The van der Waals surface area contributed by atoms with E-state index < -0.39 is 0 Å². The molecule has 1 aromatic carbocycles. The summed E-state index contributed by atoms with van der Waals surface area (Å²) in [6.07, 6.45) is 7.90. The number of hydrogen-bond acceptors (Lipinski definition) is 4. The number of amides is 1. The number of thioether (sulfide) groups is 1. The summed E-state index contributed by atoms with van der Waals surface area (Å²) < 4.78 is 1.74. The maximum atomic E-state index is 13.0. The van der Waals surface area contributed by atoms with Crippen LogP contribution in [0, 0.1) is 0 Å². The van der Waals surface area contributed by atoms with Gasteiger partial charge in [0.05, 0.1) is 16.7 Å². The molecule has 0 bridgehead atoms. The predicted molar refractivity (Wildman–Crippen MR) is 111 cm³/mol. The Morgan fingerprint density at radius 3 is 2.67 bits per heavy atom. The molecule has 5 nitrogen and oxygen atoms in total. The zero-order valence-corrected chi connectivity index (χ0v) is 17.1. The van der Waals surface area contributed by atoms with Gasteiger partial charge in [0.15, 0.2) is 5.16 Å². The minimum absolute atomic E-state index is 0.0263. The van der Waals surface area contributed by atoms with E-state index in [0.717, 1.165) is 19.3 Å². The molecule has 1 aliphatic rings. The molecule has 0 radical (unpaired) electrons. The van der Waals surface area contributed by atoms with Gasteiger partial charge in [0.1, 0.15) is 0 Å². The number of hydrogen-bond donors (Lipinski definition) is 1. The van der Waals surface area contributed by atoms with Gasteiger partial charge in [-0.05, 0) is 38.3 Å². The van der Waals surface area contributed by atoms with Gasteiger partial charge in [0.25, 0.3) is 5.56 Å². The first-order valence-electron chi connectivity index (χ1n) is 10.0. The van der Waals surface area contributed by atoms with E-state index >= 15 is 0 Å². The molecule has 1 fully saturated rings. The zero-order valence-electron chi connectivity index (χ0n) is 16.2. The Morgan fingerprint density at radius 1 is 1.26 bits per heavy atom. The smallest absolute Gasteiger partial charge is 0.262 e. The van der Waals surface area contributed by atoms with Gasteiger partial charge in [-0.1, -0.05) is 56.5 Å². The first kappa shape index (κ1) is 19.9. The highest BCUT2D eigenvalue weighted by molar-refractivity contribution is 7.99. The van der Waals surface area contributed by atoms with E-state index in [1.54, 1.807) is 4.57 Å². The lowest BCUT2D eigenvalue weighted by Crippen LogP contribution is -2.35. The van der Waals surface area contributed by atoms with Gasteiger partial charge >= 0.3 is 0 Å². The van der Waals surface area contributed by atoms with Gasteiger partial charge in [0.2, 0.25) is 5.91 Å². The van der Waals surface area contributed by atoms with Crippen LogP contribution in [0.5, 0.6) is 0 Å². The number of aromatic nitrogens is 2. The maximum absolute atomic E-state index is 13.0. The predicted octanol–water partition coefficient (Wildman–Crippen LogP) is 4.30. The third kappa shape index (κ3) is 4.92. The third-order valence-electron chi connectivity index (χ3n) is 5.36. The summed E-state index contributed by atoms with van der Waals surface area (Å²) in [6.45, 7) is 4.08.